The predicted molar refractivity (Wildman–Crippen MR) is 292 cm³/mol. The number of rotatable bonds is 18. The first-order chi connectivity index (χ1) is 37.2. The zero-order chi connectivity index (χ0) is 60.6. The molecule has 28 atom stereocenters. The number of aliphatic hydroxyl groups is 12. The Morgan fingerprint density at radius 3 is 1.38 bits per heavy atom. The van der Waals surface area contributed by atoms with Gasteiger partial charge in [0, 0.05) is 19.1 Å². The van der Waals surface area contributed by atoms with Gasteiger partial charge in [0.25, 0.3) is 0 Å². The van der Waals surface area contributed by atoms with E-state index in [1.807, 2.05) is 20.8 Å². The number of nitrogens with one attached hydrogen (secondary N) is 2. The molecule has 2 aliphatic carbocycles. The van der Waals surface area contributed by atoms with Crippen LogP contribution in [0.4, 0.5) is 0 Å². The summed E-state index contributed by atoms with van der Waals surface area (Å²) in [6.45, 7) is 23.7. The van der Waals surface area contributed by atoms with Crippen molar-refractivity contribution in [1.82, 2.24) is 10.6 Å². The topological polar surface area (TPSA) is 393 Å². The standard InChI is InChI=1S/C30H59NO11Si.C21H40N2O10.C3H6O/c1-10-18-19(32)20(33)21(34)28(40-18)41-24-16(2)14-17(12-11-13-39-43(8,9)29(3,4)5)25(22(24)35)42-27-23(36)26(31-7)30(6,37)15-38-27;1-5-10-11(24)12(25)13(26)20(31-10)32-16-8(2)6-9(22)17(14(16)27)33-19-15(28)18(23-4)21(3,29)7-30-19;1-2-3-4/h16-28,31-37H,10-15H2,1-9H3;8-20,23-29H,5-7,22H2,1-4H3;3H,2H2,1H3/t16-,17+,18+,19+,20-,21+,22-,23+,24?,25-,26+,27+,28+,30-;8-,9+,10+,11+,12-,13+,14-,15+,16?,17-,18+,19+,20+,21-;/m00./s1. The third-order valence-corrected chi connectivity index (χ3v) is 22.0. The summed E-state index contributed by atoms with van der Waals surface area (Å²) in [5.41, 5.74) is 3.61. The van der Waals surface area contributed by atoms with Gasteiger partial charge in [-0.05, 0) is 102 Å². The molecule has 6 aliphatic rings. The number of nitrogens with two attached hydrogens (primary N) is 1. The second-order valence-electron chi connectivity index (χ2n) is 25.0. The number of hydrogen-bond donors (Lipinski definition) is 15. The fourth-order valence-electron chi connectivity index (χ4n) is 11.5. The lowest BCUT2D eigenvalue weighted by atomic mass is 9.74. The summed E-state index contributed by atoms with van der Waals surface area (Å²) in [7, 11) is 1.31. The van der Waals surface area contributed by atoms with E-state index in [2.05, 4.69) is 44.5 Å². The van der Waals surface area contributed by atoms with Crippen molar-refractivity contribution in [2.45, 2.75) is 284 Å². The molecule has 4 aliphatic heterocycles. The first-order valence-electron chi connectivity index (χ1n) is 28.8. The number of likely N-dealkylation sites (N-methyl/N-ethyl adjacent to an activating group) is 2. The summed E-state index contributed by atoms with van der Waals surface area (Å²) < 4.78 is 53.4. The Morgan fingerprint density at radius 2 is 0.988 bits per heavy atom. The minimum Gasteiger partial charge on any atom is -0.417 e. The normalized spacial score (nSPS) is 46.6. The summed E-state index contributed by atoms with van der Waals surface area (Å²) in [6.07, 6.45) is -18.4. The van der Waals surface area contributed by atoms with Gasteiger partial charge in [0.2, 0.25) is 0 Å². The number of aliphatic hydroxyl groups excluding tert-OH is 10. The molecule has 6 rings (SSSR count). The largest absolute Gasteiger partial charge is 0.417 e. The van der Waals surface area contributed by atoms with Crippen LogP contribution >= 0.6 is 0 Å². The Hall–Kier alpha value is -1.07. The van der Waals surface area contributed by atoms with Gasteiger partial charge >= 0.3 is 0 Å². The molecule has 26 heteroatoms. The molecule has 2 unspecified atom stereocenters. The number of aldehydes is 1. The van der Waals surface area contributed by atoms with E-state index in [0.29, 0.717) is 45.1 Å². The van der Waals surface area contributed by atoms with Crippen molar-refractivity contribution in [3.63, 3.8) is 0 Å². The minimum absolute atomic E-state index is 0.0782. The monoisotopic (exact) mass is 1180 g/mol. The van der Waals surface area contributed by atoms with Gasteiger partial charge in [-0.3, -0.25) is 0 Å². The van der Waals surface area contributed by atoms with Crippen molar-refractivity contribution in [3.8, 4) is 0 Å². The van der Waals surface area contributed by atoms with Gasteiger partial charge in [0.1, 0.15) is 84.6 Å². The average molecular weight is 1180 g/mol. The molecular formula is C54H105N3O22Si. The predicted octanol–water partition coefficient (Wildman–Crippen LogP) is -1.80. The maximum absolute atomic E-state index is 11.7. The minimum atomic E-state index is -1.93. The quantitative estimate of drug-likeness (QED) is 0.0409. The molecule has 0 aromatic rings. The molecule has 0 bridgehead atoms. The highest BCUT2D eigenvalue weighted by atomic mass is 28.4. The fourth-order valence-corrected chi connectivity index (χ4v) is 12.6. The Labute approximate surface area is 474 Å². The molecule has 0 aromatic heterocycles. The van der Waals surface area contributed by atoms with Gasteiger partial charge in [-0.1, -0.05) is 55.4 Å². The summed E-state index contributed by atoms with van der Waals surface area (Å²) >= 11 is 0. The van der Waals surface area contributed by atoms with Gasteiger partial charge in [-0.2, -0.15) is 0 Å². The molecule has 472 valence electrons. The molecule has 80 heavy (non-hydrogen) atoms. The first-order valence-corrected chi connectivity index (χ1v) is 31.7. The van der Waals surface area contributed by atoms with Crippen molar-refractivity contribution in [2.75, 3.05) is 33.9 Å². The van der Waals surface area contributed by atoms with Crippen LogP contribution in [0.2, 0.25) is 18.1 Å². The van der Waals surface area contributed by atoms with E-state index in [4.69, 9.17) is 48.1 Å². The van der Waals surface area contributed by atoms with Gasteiger partial charge in [0.15, 0.2) is 33.5 Å². The van der Waals surface area contributed by atoms with Crippen LogP contribution < -0.4 is 16.4 Å². The molecule has 0 radical (unpaired) electrons. The molecule has 0 amide bonds. The van der Waals surface area contributed by atoms with Crippen LogP contribution in [-0.2, 0) is 47.1 Å². The molecule has 25 nitrogen and oxygen atoms in total. The van der Waals surface area contributed by atoms with E-state index in [9.17, 15) is 66.1 Å². The Balaban J connectivity index is 0.000000332. The summed E-state index contributed by atoms with van der Waals surface area (Å²) in [5, 5.41) is 133. The summed E-state index contributed by atoms with van der Waals surface area (Å²) in [5.74, 6) is -0.561. The van der Waals surface area contributed by atoms with E-state index in [1.54, 1.807) is 34.9 Å². The van der Waals surface area contributed by atoms with Crippen LogP contribution in [-0.4, -0.2) is 262 Å². The van der Waals surface area contributed by atoms with Crippen LogP contribution in [0, 0.1) is 17.8 Å². The van der Waals surface area contributed by atoms with Crippen molar-refractivity contribution in [1.29, 1.82) is 0 Å². The average Bonchev–Trinajstić information content (AvgIpc) is 3.40. The highest BCUT2D eigenvalue weighted by Gasteiger charge is 2.55. The van der Waals surface area contributed by atoms with Crippen molar-refractivity contribution < 1.29 is 108 Å². The third kappa shape index (κ3) is 17.1. The second kappa shape index (κ2) is 30.5. The summed E-state index contributed by atoms with van der Waals surface area (Å²) in [4.78, 5) is 9.17. The SMILES string of the molecule is CCC=O.CC[C@H]1O[C@H](OC2[C@@H](C)C[C@@H](CCCO[Si](C)(C)C(C)(C)C)[C@H](O[C@H]3OC[C@](C)(O)[C@H](NC)[C@H]3O)[C@H]2O)[C@H](O)[C@@H](O)[C@@H]1O.CC[C@H]1O[C@H](OC2[C@@H](C)C[C@@H](N)[C@H](O[C@H]3OC[C@](C)(O)[C@H](NC)[C@H]3O)[C@H]2O)[C@H](O)[C@@H](O)[C@@H]1O. The highest BCUT2D eigenvalue weighted by molar-refractivity contribution is 6.74. The number of carbonyl (C=O) groups is 1. The number of carbonyl (C=O) groups excluding carboxylic acids is 1. The van der Waals surface area contributed by atoms with Gasteiger partial charge in [-0.15, -0.1) is 0 Å². The molecule has 0 spiro atoms. The molecule has 6 fully saturated rings. The zero-order valence-electron chi connectivity index (χ0n) is 49.7. The molecule has 4 heterocycles. The lowest BCUT2D eigenvalue weighted by Crippen LogP contribution is -2.67. The van der Waals surface area contributed by atoms with Crippen molar-refractivity contribution in [2.24, 2.45) is 23.5 Å². The summed E-state index contributed by atoms with van der Waals surface area (Å²) in [6, 6.07) is -2.06. The number of ether oxygens (including phenoxy) is 8. The Bertz CT molecular complexity index is 1820. The highest BCUT2D eigenvalue weighted by Crippen LogP contribution is 2.42. The first kappa shape index (κ1) is 71.4. The smallest absolute Gasteiger partial charge is 0.191 e. The number of hydrogen-bond acceptors (Lipinski definition) is 25. The molecular weight excluding hydrogens is 1070 g/mol. The van der Waals surface area contributed by atoms with Crippen LogP contribution in [0.5, 0.6) is 0 Å². The van der Waals surface area contributed by atoms with Gasteiger partial charge in [-0.25, -0.2) is 0 Å². The zero-order valence-corrected chi connectivity index (χ0v) is 50.7. The van der Waals surface area contributed by atoms with Crippen molar-refractivity contribution >= 4 is 14.6 Å². The van der Waals surface area contributed by atoms with Crippen LogP contribution in [0.15, 0.2) is 0 Å². The lowest BCUT2D eigenvalue weighted by molar-refractivity contribution is -0.338. The Kier molecular flexibility index (Phi) is 27.2. The van der Waals surface area contributed by atoms with Crippen LogP contribution in [0.1, 0.15) is 114 Å². The third-order valence-electron chi connectivity index (χ3n) is 17.4. The van der Waals surface area contributed by atoms with E-state index in [1.165, 1.54) is 6.92 Å². The molecule has 4 saturated heterocycles. The Morgan fingerprint density at radius 1 is 0.600 bits per heavy atom. The fraction of sp³-hybridized carbons (Fsp3) is 0.981. The lowest BCUT2D eigenvalue weighted by Gasteiger charge is -2.49. The van der Waals surface area contributed by atoms with Gasteiger partial charge in [0.05, 0.1) is 55.8 Å². The second-order valence-corrected chi connectivity index (χ2v) is 29.8. The van der Waals surface area contributed by atoms with E-state index < -0.39 is 160 Å². The van der Waals surface area contributed by atoms with Crippen LogP contribution in [0.3, 0.4) is 0 Å². The van der Waals surface area contributed by atoms with E-state index in [0.717, 1.165) is 12.7 Å². The molecule has 16 N–H and O–H groups in total. The van der Waals surface area contributed by atoms with E-state index in [-0.39, 0.29) is 36.0 Å². The van der Waals surface area contributed by atoms with E-state index >= 15 is 0 Å². The maximum atomic E-state index is 11.7. The van der Waals surface area contributed by atoms with Gasteiger partial charge < -0.3 is 125 Å². The molecule has 0 aromatic carbocycles. The maximum Gasteiger partial charge on any atom is 0.191 e. The van der Waals surface area contributed by atoms with Crippen molar-refractivity contribution in [3.05, 3.63) is 0 Å². The molecule has 2 saturated carbocycles. The van der Waals surface area contributed by atoms with Crippen LogP contribution in [0.25, 0.3) is 0 Å².